The molecule has 0 atom stereocenters. The van der Waals surface area contributed by atoms with Gasteiger partial charge in [0.1, 0.15) is 0 Å². The van der Waals surface area contributed by atoms with Gasteiger partial charge in [0.25, 0.3) is 0 Å². The SMILES string of the molecule is Cc1cc(NCCN)cc2cc[nH]c12. The second-order valence-corrected chi connectivity index (χ2v) is 3.45. The maximum atomic E-state index is 5.44. The number of rotatable bonds is 3. The van der Waals surface area contributed by atoms with Crippen LogP contribution in [0, 0.1) is 6.92 Å². The van der Waals surface area contributed by atoms with Crippen LogP contribution < -0.4 is 11.1 Å². The highest BCUT2D eigenvalue weighted by Crippen LogP contribution is 2.21. The predicted molar refractivity (Wildman–Crippen MR) is 60.6 cm³/mol. The van der Waals surface area contributed by atoms with Gasteiger partial charge in [-0.1, -0.05) is 0 Å². The molecule has 1 aromatic heterocycles. The number of aryl methyl sites for hydroxylation is 1. The average Bonchev–Trinajstić information content (AvgIpc) is 2.63. The van der Waals surface area contributed by atoms with Crippen molar-refractivity contribution < 1.29 is 0 Å². The largest absolute Gasteiger partial charge is 0.384 e. The summed E-state index contributed by atoms with van der Waals surface area (Å²) in [4.78, 5) is 3.22. The molecule has 0 unspecified atom stereocenters. The van der Waals surface area contributed by atoms with Crippen LogP contribution in [-0.4, -0.2) is 18.1 Å². The molecule has 0 aliphatic rings. The lowest BCUT2D eigenvalue weighted by molar-refractivity contribution is 1.02. The number of benzene rings is 1. The van der Waals surface area contributed by atoms with Crippen LogP contribution in [0.2, 0.25) is 0 Å². The molecule has 74 valence electrons. The molecule has 0 radical (unpaired) electrons. The summed E-state index contributed by atoms with van der Waals surface area (Å²) in [5, 5.41) is 4.52. The monoisotopic (exact) mass is 189 g/mol. The van der Waals surface area contributed by atoms with E-state index >= 15 is 0 Å². The van der Waals surface area contributed by atoms with Gasteiger partial charge in [-0.2, -0.15) is 0 Å². The Kier molecular flexibility index (Phi) is 2.41. The first-order valence-corrected chi connectivity index (χ1v) is 4.83. The summed E-state index contributed by atoms with van der Waals surface area (Å²) >= 11 is 0. The Bertz CT molecular complexity index is 431. The molecule has 0 bridgehead atoms. The summed E-state index contributed by atoms with van der Waals surface area (Å²) in [5.41, 5.74) is 9.05. The van der Waals surface area contributed by atoms with Gasteiger partial charge in [0.05, 0.1) is 0 Å². The summed E-state index contributed by atoms with van der Waals surface area (Å²) in [6, 6.07) is 6.35. The van der Waals surface area contributed by atoms with E-state index in [1.807, 2.05) is 6.20 Å². The van der Waals surface area contributed by atoms with Crippen LogP contribution in [0.5, 0.6) is 0 Å². The van der Waals surface area contributed by atoms with Gasteiger partial charge in [0.2, 0.25) is 0 Å². The fraction of sp³-hybridized carbons (Fsp3) is 0.273. The molecule has 1 heterocycles. The summed E-state index contributed by atoms with van der Waals surface area (Å²) in [6.07, 6.45) is 1.96. The first kappa shape index (κ1) is 9.09. The van der Waals surface area contributed by atoms with Crippen molar-refractivity contribution in [3.05, 3.63) is 30.0 Å². The normalized spacial score (nSPS) is 10.7. The molecule has 0 spiro atoms. The smallest absolute Gasteiger partial charge is 0.0485 e. The molecule has 3 nitrogen and oxygen atoms in total. The number of H-pyrrole nitrogens is 1. The van der Waals surface area contributed by atoms with E-state index in [0.717, 1.165) is 12.2 Å². The van der Waals surface area contributed by atoms with Crippen molar-refractivity contribution in [2.45, 2.75) is 6.92 Å². The summed E-state index contributed by atoms with van der Waals surface area (Å²) in [5.74, 6) is 0. The number of nitrogens with two attached hydrogens (primary N) is 1. The maximum Gasteiger partial charge on any atom is 0.0485 e. The van der Waals surface area contributed by atoms with Crippen molar-refractivity contribution in [2.24, 2.45) is 5.73 Å². The van der Waals surface area contributed by atoms with Crippen LogP contribution in [-0.2, 0) is 0 Å². The molecule has 2 aromatic rings. The van der Waals surface area contributed by atoms with Gasteiger partial charge in [-0.3, -0.25) is 0 Å². The van der Waals surface area contributed by atoms with Crippen molar-refractivity contribution in [2.75, 3.05) is 18.4 Å². The van der Waals surface area contributed by atoms with Crippen molar-refractivity contribution in [1.82, 2.24) is 4.98 Å². The third kappa shape index (κ3) is 1.59. The van der Waals surface area contributed by atoms with E-state index in [0.29, 0.717) is 6.54 Å². The first-order valence-electron chi connectivity index (χ1n) is 4.83. The molecule has 0 aliphatic carbocycles. The molecule has 0 saturated heterocycles. The minimum absolute atomic E-state index is 0.657. The molecular weight excluding hydrogens is 174 g/mol. The third-order valence-corrected chi connectivity index (χ3v) is 2.33. The highest BCUT2D eigenvalue weighted by Gasteiger charge is 2.00. The molecule has 4 N–H and O–H groups in total. The summed E-state index contributed by atoms with van der Waals surface area (Å²) in [7, 11) is 0. The van der Waals surface area contributed by atoms with E-state index in [4.69, 9.17) is 5.73 Å². The Hall–Kier alpha value is -1.48. The van der Waals surface area contributed by atoms with Gasteiger partial charge in [-0.25, -0.2) is 0 Å². The van der Waals surface area contributed by atoms with Crippen LogP contribution in [0.15, 0.2) is 24.4 Å². The topological polar surface area (TPSA) is 53.8 Å². The summed E-state index contributed by atoms with van der Waals surface area (Å²) < 4.78 is 0. The van der Waals surface area contributed by atoms with Crippen LogP contribution in [0.25, 0.3) is 10.9 Å². The minimum atomic E-state index is 0.657. The minimum Gasteiger partial charge on any atom is -0.384 e. The summed E-state index contributed by atoms with van der Waals surface area (Å²) in [6.45, 7) is 3.58. The van der Waals surface area contributed by atoms with Crippen molar-refractivity contribution in [3.8, 4) is 0 Å². The van der Waals surface area contributed by atoms with E-state index in [1.54, 1.807) is 0 Å². The second-order valence-electron chi connectivity index (χ2n) is 3.45. The van der Waals surface area contributed by atoms with Gasteiger partial charge in [0.15, 0.2) is 0 Å². The maximum absolute atomic E-state index is 5.44. The van der Waals surface area contributed by atoms with Gasteiger partial charge in [0, 0.05) is 35.9 Å². The van der Waals surface area contributed by atoms with E-state index in [1.165, 1.54) is 16.5 Å². The molecule has 0 aliphatic heterocycles. The zero-order valence-corrected chi connectivity index (χ0v) is 8.30. The number of aromatic amines is 1. The van der Waals surface area contributed by atoms with E-state index < -0.39 is 0 Å². The van der Waals surface area contributed by atoms with Gasteiger partial charge >= 0.3 is 0 Å². The molecule has 0 amide bonds. The average molecular weight is 189 g/mol. The predicted octanol–water partition coefficient (Wildman–Crippen LogP) is 1.85. The third-order valence-electron chi connectivity index (χ3n) is 2.33. The molecule has 0 fully saturated rings. The Morgan fingerprint density at radius 3 is 3.07 bits per heavy atom. The Balaban J connectivity index is 2.38. The van der Waals surface area contributed by atoms with Gasteiger partial charge in [-0.05, 0) is 30.7 Å². The lowest BCUT2D eigenvalue weighted by Crippen LogP contribution is -2.13. The van der Waals surface area contributed by atoms with E-state index in [2.05, 4.69) is 35.4 Å². The number of aromatic nitrogens is 1. The van der Waals surface area contributed by atoms with Crippen molar-refractivity contribution in [1.29, 1.82) is 0 Å². The number of nitrogens with one attached hydrogen (secondary N) is 2. The standard InChI is InChI=1S/C11H15N3/c1-8-6-10(13-5-3-12)7-9-2-4-14-11(8)9/h2,4,6-7,13-14H,3,5,12H2,1H3. The lowest BCUT2D eigenvalue weighted by atomic mass is 10.1. The fourth-order valence-electron chi connectivity index (χ4n) is 1.68. The molecule has 0 saturated carbocycles. The van der Waals surface area contributed by atoms with Crippen LogP contribution in [0.3, 0.4) is 0 Å². The van der Waals surface area contributed by atoms with Crippen LogP contribution >= 0.6 is 0 Å². The molecule has 2 rings (SSSR count). The van der Waals surface area contributed by atoms with Crippen LogP contribution in [0.4, 0.5) is 5.69 Å². The first-order chi connectivity index (χ1) is 6.81. The molecular formula is C11H15N3. The highest BCUT2D eigenvalue weighted by molar-refractivity contribution is 5.86. The van der Waals surface area contributed by atoms with Crippen molar-refractivity contribution in [3.63, 3.8) is 0 Å². The molecule has 1 aromatic carbocycles. The van der Waals surface area contributed by atoms with Gasteiger partial charge < -0.3 is 16.0 Å². The van der Waals surface area contributed by atoms with E-state index in [9.17, 15) is 0 Å². The molecule has 14 heavy (non-hydrogen) atoms. The lowest BCUT2D eigenvalue weighted by Gasteiger charge is -2.06. The van der Waals surface area contributed by atoms with Crippen LogP contribution in [0.1, 0.15) is 5.56 Å². The number of fused-ring (bicyclic) bond motifs is 1. The zero-order chi connectivity index (χ0) is 9.97. The van der Waals surface area contributed by atoms with Crippen molar-refractivity contribution >= 4 is 16.6 Å². The quantitative estimate of drug-likeness (QED) is 0.690. The zero-order valence-electron chi connectivity index (χ0n) is 8.30. The van der Waals surface area contributed by atoms with Gasteiger partial charge in [-0.15, -0.1) is 0 Å². The highest BCUT2D eigenvalue weighted by atomic mass is 14.9. The number of hydrogen-bond donors (Lipinski definition) is 3. The number of anilines is 1. The Morgan fingerprint density at radius 2 is 2.29 bits per heavy atom. The van der Waals surface area contributed by atoms with E-state index in [-0.39, 0.29) is 0 Å². The Morgan fingerprint density at radius 1 is 1.43 bits per heavy atom. The second kappa shape index (κ2) is 3.72. The Labute approximate surface area is 83.3 Å². The fourth-order valence-corrected chi connectivity index (χ4v) is 1.68. The molecule has 3 heteroatoms. The number of hydrogen-bond acceptors (Lipinski definition) is 2.